The Morgan fingerprint density at radius 1 is 1.47 bits per heavy atom. The molecule has 2 atom stereocenters. The highest BCUT2D eigenvalue weighted by atomic mass is 32.1. The van der Waals surface area contributed by atoms with E-state index in [9.17, 15) is 8.78 Å². The Balaban J connectivity index is 1.96. The number of nitrogens with two attached hydrogens (primary N) is 1. The number of halogens is 2. The average Bonchev–Trinajstić information content (AvgIpc) is 2.90. The molecule has 1 aromatic heterocycles. The lowest BCUT2D eigenvalue weighted by molar-refractivity contribution is 0.122. The van der Waals surface area contributed by atoms with E-state index in [1.807, 2.05) is 6.07 Å². The quantitative estimate of drug-likeness (QED) is 0.838. The molecular weight excluding hydrogens is 268 g/mol. The van der Waals surface area contributed by atoms with Crippen molar-refractivity contribution in [3.8, 4) is 0 Å². The van der Waals surface area contributed by atoms with E-state index in [-0.39, 0.29) is 12.6 Å². The SMILES string of the molecule is NCCN1CC(NCC(F)F)CC(c2cccs2)C1. The zero-order valence-corrected chi connectivity index (χ0v) is 11.7. The van der Waals surface area contributed by atoms with Crippen molar-refractivity contribution in [2.24, 2.45) is 5.73 Å². The molecule has 1 fully saturated rings. The number of nitrogens with zero attached hydrogens (tertiary/aromatic N) is 1. The zero-order chi connectivity index (χ0) is 13.7. The lowest BCUT2D eigenvalue weighted by atomic mass is 9.92. The first-order chi connectivity index (χ1) is 9.19. The Morgan fingerprint density at radius 3 is 2.95 bits per heavy atom. The molecule has 0 aromatic carbocycles. The van der Waals surface area contributed by atoms with Crippen LogP contribution in [0.15, 0.2) is 17.5 Å². The van der Waals surface area contributed by atoms with Crippen molar-refractivity contribution in [3.63, 3.8) is 0 Å². The number of rotatable bonds is 6. The third-order valence-corrected chi connectivity index (χ3v) is 4.51. The Labute approximate surface area is 116 Å². The second-order valence-electron chi connectivity index (χ2n) is 4.99. The van der Waals surface area contributed by atoms with Crippen LogP contribution in [0.3, 0.4) is 0 Å². The van der Waals surface area contributed by atoms with Crippen molar-refractivity contribution >= 4 is 11.3 Å². The highest BCUT2D eigenvalue weighted by Crippen LogP contribution is 2.30. The monoisotopic (exact) mass is 289 g/mol. The summed E-state index contributed by atoms with van der Waals surface area (Å²) in [5.74, 6) is 0.426. The first kappa shape index (κ1) is 14.8. The van der Waals surface area contributed by atoms with Crippen molar-refractivity contribution in [2.75, 3.05) is 32.7 Å². The van der Waals surface area contributed by atoms with Crippen LogP contribution in [-0.2, 0) is 0 Å². The summed E-state index contributed by atoms with van der Waals surface area (Å²) in [6.07, 6.45) is -1.36. The maximum Gasteiger partial charge on any atom is 0.250 e. The molecule has 1 aliphatic heterocycles. The third-order valence-electron chi connectivity index (χ3n) is 3.48. The molecular formula is C13H21F2N3S. The van der Waals surface area contributed by atoms with Crippen molar-refractivity contribution in [1.82, 2.24) is 10.2 Å². The van der Waals surface area contributed by atoms with Crippen LogP contribution in [0.25, 0.3) is 0 Å². The minimum Gasteiger partial charge on any atom is -0.329 e. The fraction of sp³-hybridized carbons (Fsp3) is 0.692. The summed E-state index contributed by atoms with van der Waals surface area (Å²) in [7, 11) is 0. The molecule has 0 spiro atoms. The zero-order valence-electron chi connectivity index (χ0n) is 10.9. The standard InChI is InChI=1S/C13H21F2N3S/c14-13(15)7-17-11-6-10(12-2-1-5-19-12)8-18(9-11)4-3-16/h1-2,5,10-11,13,17H,3-4,6-9,16H2. The lowest BCUT2D eigenvalue weighted by Crippen LogP contribution is -2.50. The van der Waals surface area contributed by atoms with Crippen molar-refractivity contribution < 1.29 is 8.78 Å². The summed E-state index contributed by atoms with van der Waals surface area (Å²) < 4.78 is 24.6. The molecule has 1 aromatic rings. The van der Waals surface area contributed by atoms with Gasteiger partial charge in [-0.1, -0.05) is 6.07 Å². The van der Waals surface area contributed by atoms with Crippen LogP contribution in [0.2, 0.25) is 0 Å². The summed E-state index contributed by atoms with van der Waals surface area (Å²) in [4.78, 5) is 3.61. The Bertz CT molecular complexity index is 359. The largest absolute Gasteiger partial charge is 0.329 e. The van der Waals surface area contributed by atoms with E-state index in [0.29, 0.717) is 12.5 Å². The van der Waals surface area contributed by atoms with Gasteiger partial charge < -0.3 is 11.1 Å². The smallest absolute Gasteiger partial charge is 0.250 e. The van der Waals surface area contributed by atoms with Gasteiger partial charge in [-0.15, -0.1) is 11.3 Å². The number of alkyl halides is 2. The highest BCUT2D eigenvalue weighted by Gasteiger charge is 2.28. The van der Waals surface area contributed by atoms with Gasteiger partial charge in [0.15, 0.2) is 0 Å². The molecule has 1 saturated heterocycles. The van der Waals surface area contributed by atoms with Gasteiger partial charge in [0.2, 0.25) is 0 Å². The number of nitrogens with one attached hydrogen (secondary N) is 1. The van der Waals surface area contributed by atoms with E-state index < -0.39 is 6.43 Å². The predicted octanol–water partition coefficient (Wildman–Crippen LogP) is 1.72. The fourth-order valence-corrected chi connectivity index (χ4v) is 3.52. The van der Waals surface area contributed by atoms with Crippen LogP contribution < -0.4 is 11.1 Å². The molecule has 6 heteroatoms. The molecule has 0 aliphatic carbocycles. The van der Waals surface area contributed by atoms with Gasteiger partial charge in [-0.05, 0) is 17.9 Å². The highest BCUT2D eigenvalue weighted by molar-refractivity contribution is 7.10. The number of hydrogen-bond acceptors (Lipinski definition) is 4. The van der Waals surface area contributed by atoms with Crippen molar-refractivity contribution in [3.05, 3.63) is 22.4 Å². The van der Waals surface area contributed by atoms with Crippen LogP contribution in [0.1, 0.15) is 17.2 Å². The normalized spacial score (nSPS) is 25.1. The van der Waals surface area contributed by atoms with E-state index in [1.54, 1.807) is 11.3 Å². The van der Waals surface area contributed by atoms with Gasteiger partial charge in [0.25, 0.3) is 6.43 Å². The second kappa shape index (κ2) is 7.28. The van der Waals surface area contributed by atoms with Crippen LogP contribution in [0, 0.1) is 0 Å². The molecule has 3 N–H and O–H groups in total. The minimum atomic E-state index is -2.29. The Hall–Kier alpha value is -0.560. The summed E-state index contributed by atoms with van der Waals surface area (Å²) in [5.41, 5.74) is 5.61. The van der Waals surface area contributed by atoms with Crippen molar-refractivity contribution in [2.45, 2.75) is 24.8 Å². The van der Waals surface area contributed by atoms with Crippen LogP contribution in [0.4, 0.5) is 8.78 Å². The van der Waals surface area contributed by atoms with E-state index in [4.69, 9.17) is 5.73 Å². The van der Waals surface area contributed by atoms with Gasteiger partial charge >= 0.3 is 0 Å². The topological polar surface area (TPSA) is 41.3 Å². The maximum absolute atomic E-state index is 12.3. The molecule has 1 aliphatic rings. The number of thiophene rings is 1. The molecule has 0 radical (unpaired) electrons. The average molecular weight is 289 g/mol. The minimum absolute atomic E-state index is 0.126. The van der Waals surface area contributed by atoms with E-state index in [1.165, 1.54) is 4.88 Å². The predicted molar refractivity (Wildman–Crippen MR) is 75.0 cm³/mol. The molecule has 2 heterocycles. The maximum atomic E-state index is 12.3. The van der Waals surface area contributed by atoms with Crippen LogP contribution in [0.5, 0.6) is 0 Å². The molecule has 0 saturated carbocycles. The van der Waals surface area contributed by atoms with Gasteiger partial charge in [0, 0.05) is 43.0 Å². The Kier molecular flexibility index (Phi) is 5.69. The molecule has 0 amide bonds. The number of likely N-dealkylation sites (tertiary alicyclic amines) is 1. The second-order valence-corrected chi connectivity index (χ2v) is 5.97. The van der Waals surface area contributed by atoms with Gasteiger partial charge in [-0.3, -0.25) is 4.90 Å². The van der Waals surface area contributed by atoms with Crippen LogP contribution >= 0.6 is 11.3 Å². The molecule has 2 unspecified atom stereocenters. The molecule has 0 bridgehead atoms. The summed E-state index contributed by atoms with van der Waals surface area (Å²) in [5, 5.41) is 5.04. The van der Waals surface area contributed by atoms with Crippen molar-refractivity contribution in [1.29, 1.82) is 0 Å². The van der Waals surface area contributed by atoms with Gasteiger partial charge in [-0.2, -0.15) is 0 Å². The Morgan fingerprint density at radius 2 is 2.32 bits per heavy atom. The van der Waals surface area contributed by atoms with E-state index in [0.717, 1.165) is 26.1 Å². The summed E-state index contributed by atoms with van der Waals surface area (Å²) in [6, 6.07) is 4.30. The third kappa shape index (κ3) is 4.49. The number of piperidine rings is 1. The van der Waals surface area contributed by atoms with Gasteiger partial charge in [0.05, 0.1) is 6.54 Å². The van der Waals surface area contributed by atoms with Gasteiger partial charge in [0.1, 0.15) is 0 Å². The van der Waals surface area contributed by atoms with E-state index >= 15 is 0 Å². The molecule has 19 heavy (non-hydrogen) atoms. The van der Waals surface area contributed by atoms with Gasteiger partial charge in [-0.25, -0.2) is 8.78 Å². The first-order valence-electron chi connectivity index (χ1n) is 6.66. The number of hydrogen-bond donors (Lipinski definition) is 2. The van der Waals surface area contributed by atoms with E-state index in [2.05, 4.69) is 21.7 Å². The first-order valence-corrected chi connectivity index (χ1v) is 7.54. The summed E-state index contributed by atoms with van der Waals surface area (Å²) in [6.45, 7) is 3.00. The molecule has 108 valence electrons. The molecule has 3 nitrogen and oxygen atoms in total. The van der Waals surface area contributed by atoms with Crippen LogP contribution in [-0.4, -0.2) is 50.1 Å². The fourth-order valence-electron chi connectivity index (χ4n) is 2.69. The lowest BCUT2D eigenvalue weighted by Gasteiger charge is -2.37. The molecule has 2 rings (SSSR count). The summed E-state index contributed by atoms with van der Waals surface area (Å²) >= 11 is 1.74.